The Bertz CT molecular complexity index is 1690. The maximum Gasteiger partial charge on any atom is 0.350 e. The molecule has 1 aromatic heterocycles. The summed E-state index contributed by atoms with van der Waals surface area (Å²) in [5.41, 5.74) is 3.01. The second-order valence-corrected chi connectivity index (χ2v) is 10.6. The van der Waals surface area contributed by atoms with Gasteiger partial charge in [-0.2, -0.15) is 0 Å². The molecule has 0 unspecified atom stereocenters. The molecule has 1 aliphatic rings. The third kappa shape index (κ3) is 5.59. The van der Waals surface area contributed by atoms with Gasteiger partial charge in [-0.15, -0.1) is 0 Å². The zero-order chi connectivity index (χ0) is 29.8. The van der Waals surface area contributed by atoms with E-state index in [2.05, 4.69) is 11.6 Å². The molecule has 8 nitrogen and oxygen atoms in total. The van der Waals surface area contributed by atoms with Crippen LogP contribution in [-0.4, -0.2) is 34.4 Å². The van der Waals surface area contributed by atoms with Gasteiger partial charge in [0.2, 0.25) is 0 Å². The fourth-order valence-corrected chi connectivity index (χ4v) is 5.69. The van der Waals surface area contributed by atoms with Crippen LogP contribution in [0.5, 0.6) is 5.75 Å². The Hall–Kier alpha value is -5.02. The number of thiazole rings is 1. The molecule has 1 atom stereocenters. The molecule has 0 saturated carbocycles. The minimum atomic E-state index is -0.969. The molecule has 4 aromatic rings. The number of esters is 1. The summed E-state index contributed by atoms with van der Waals surface area (Å²) < 4.78 is 11.1. The number of aliphatic hydroxyl groups is 1. The van der Waals surface area contributed by atoms with Crippen molar-refractivity contribution in [3.8, 4) is 5.75 Å². The van der Waals surface area contributed by atoms with Crippen molar-refractivity contribution >= 4 is 39.9 Å². The van der Waals surface area contributed by atoms with Crippen LogP contribution in [0.25, 0.3) is 5.76 Å². The van der Waals surface area contributed by atoms with E-state index in [1.807, 2.05) is 43.3 Å². The largest absolute Gasteiger partial charge is 0.507 e. The van der Waals surface area contributed by atoms with Gasteiger partial charge in [0.25, 0.3) is 5.78 Å². The van der Waals surface area contributed by atoms with Gasteiger partial charge in [0.05, 0.1) is 17.3 Å². The molecule has 2 heterocycles. The van der Waals surface area contributed by atoms with E-state index in [9.17, 15) is 19.5 Å². The van der Waals surface area contributed by atoms with Crippen LogP contribution in [0, 0.1) is 13.8 Å². The first kappa shape index (κ1) is 28.5. The standard InChI is InChI=1S/C33H28N2O6S/c1-4-17-40-32(39)30-21(3)34-33(42-30)35-27(23-13-9-6-10-14-23)26(29(37)31(35)38)28(36)24-15-16-25(20(2)18-24)41-19-22-11-7-5-8-12-22/h4-16,18,27,36H,1,17,19H2,2-3H3/t27-/m1/s1. The molecule has 0 spiro atoms. The van der Waals surface area contributed by atoms with E-state index in [0.29, 0.717) is 29.2 Å². The summed E-state index contributed by atoms with van der Waals surface area (Å²) in [6, 6.07) is 22.8. The number of aliphatic hydroxyl groups excluding tert-OH is 1. The van der Waals surface area contributed by atoms with Crippen molar-refractivity contribution in [2.45, 2.75) is 26.5 Å². The van der Waals surface area contributed by atoms with E-state index in [4.69, 9.17) is 9.47 Å². The van der Waals surface area contributed by atoms with Gasteiger partial charge in [-0.3, -0.25) is 14.5 Å². The van der Waals surface area contributed by atoms with E-state index >= 15 is 0 Å². The van der Waals surface area contributed by atoms with E-state index in [0.717, 1.165) is 22.5 Å². The maximum atomic E-state index is 13.5. The molecule has 42 heavy (non-hydrogen) atoms. The first-order valence-corrected chi connectivity index (χ1v) is 14.0. The minimum Gasteiger partial charge on any atom is -0.507 e. The van der Waals surface area contributed by atoms with Crippen LogP contribution in [0.2, 0.25) is 0 Å². The van der Waals surface area contributed by atoms with Crippen LogP contribution in [0.15, 0.2) is 97.1 Å². The summed E-state index contributed by atoms with van der Waals surface area (Å²) in [4.78, 5) is 45.4. The predicted molar refractivity (Wildman–Crippen MR) is 161 cm³/mol. The van der Waals surface area contributed by atoms with Crippen molar-refractivity contribution in [2.24, 2.45) is 0 Å². The second-order valence-electron chi connectivity index (χ2n) is 9.63. The lowest BCUT2D eigenvalue weighted by Crippen LogP contribution is -2.29. The summed E-state index contributed by atoms with van der Waals surface area (Å²) in [5.74, 6) is -2.00. The number of benzene rings is 3. The molecule has 212 valence electrons. The maximum absolute atomic E-state index is 13.5. The lowest BCUT2D eigenvalue weighted by Gasteiger charge is -2.23. The van der Waals surface area contributed by atoms with Gasteiger partial charge in [0.1, 0.15) is 29.6 Å². The van der Waals surface area contributed by atoms with E-state index in [-0.39, 0.29) is 27.9 Å². The Morgan fingerprint density at radius 3 is 2.40 bits per heavy atom. The number of Topliss-reactive ketones (excluding diaryl/α,β-unsaturated/α-hetero) is 1. The lowest BCUT2D eigenvalue weighted by atomic mass is 9.95. The number of aromatic nitrogens is 1. The van der Waals surface area contributed by atoms with Crippen LogP contribution in [0.1, 0.15) is 43.7 Å². The van der Waals surface area contributed by atoms with Gasteiger partial charge >= 0.3 is 11.9 Å². The Balaban J connectivity index is 1.53. The second kappa shape index (κ2) is 12.2. The number of amides is 1. The van der Waals surface area contributed by atoms with Crippen LogP contribution in [0.4, 0.5) is 5.13 Å². The van der Waals surface area contributed by atoms with Gasteiger partial charge in [0, 0.05) is 5.56 Å². The van der Waals surface area contributed by atoms with Crippen molar-refractivity contribution in [2.75, 3.05) is 11.5 Å². The molecule has 3 aromatic carbocycles. The van der Waals surface area contributed by atoms with Crippen molar-refractivity contribution in [3.05, 3.63) is 130 Å². The van der Waals surface area contributed by atoms with E-state index in [1.165, 1.54) is 11.0 Å². The van der Waals surface area contributed by atoms with Crippen molar-refractivity contribution < 1.29 is 29.0 Å². The highest BCUT2D eigenvalue weighted by Gasteiger charge is 2.48. The number of hydrogen-bond donors (Lipinski definition) is 1. The molecule has 0 bridgehead atoms. The molecule has 1 N–H and O–H groups in total. The third-order valence-electron chi connectivity index (χ3n) is 6.75. The molecule has 1 fully saturated rings. The number of carbonyl (C=O) groups excluding carboxylic acids is 3. The van der Waals surface area contributed by atoms with Gasteiger partial charge < -0.3 is 14.6 Å². The summed E-state index contributed by atoms with van der Waals surface area (Å²) in [5, 5.41) is 11.7. The Morgan fingerprint density at radius 1 is 1.05 bits per heavy atom. The topological polar surface area (TPSA) is 106 Å². The fourth-order valence-electron chi connectivity index (χ4n) is 4.70. The van der Waals surface area contributed by atoms with Gasteiger partial charge in [0.15, 0.2) is 5.13 Å². The molecule has 0 radical (unpaired) electrons. The van der Waals surface area contributed by atoms with Crippen LogP contribution in [-0.2, 0) is 20.9 Å². The van der Waals surface area contributed by atoms with Crippen LogP contribution in [0.3, 0.4) is 0 Å². The van der Waals surface area contributed by atoms with Crippen LogP contribution < -0.4 is 9.64 Å². The average Bonchev–Trinajstić information content (AvgIpc) is 3.52. The molecular weight excluding hydrogens is 552 g/mol. The first-order chi connectivity index (χ1) is 20.3. The van der Waals surface area contributed by atoms with E-state index < -0.39 is 23.7 Å². The normalized spacial score (nSPS) is 16.0. The molecule has 5 rings (SSSR count). The number of aryl methyl sites for hydroxylation is 2. The summed E-state index contributed by atoms with van der Waals surface area (Å²) >= 11 is 0.949. The highest BCUT2D eigenvalue weighted by molar-refractivity contribution is 7.17. The number of anilines is 1. The Kier molecular flexibility index (Phi) is 8.31. The third-order valence-corrected chi connectivity index (χ3v) is 7.89. The van der Waals surface area contributed by atoms with Crippen molar-refractivity contribution in [3.63, 3.8) is 0 Å². The molecule has 1 aliphatic heterocycles. The van der Waals surface area contributed by atoms with E-state index in [1.54, 1.807) is 49.4 Å². The summed E-state index contributed by atoms with van der Waals surface area (Å²) in [6.45, 7) is 7.42. The smallest absolute Gasteiger partial charge is 0.350 e. The lowest BCUT2D eigenvalue weighted by molar-refractivity contribution is -0.132. The van der Waals surface area contributed by atoms with Gasteiger partial charge in [-0.25, -0.2) is 9.78 Å². The number of rotatable bonds is 9. The number of hydrogen-bond acceptors (Lipinski definition) is 8. The first-order valence-electron chi connectivity index (χ1n) is 13.2. The number of carbonyl (C=O) groups is 3. The Morgan fingerprint density at radius 2 is 1.74 bits per heavy atom. The zero-order valence-electron chi connectivity index (χ0n) is 23.1. The average molecular weight is 581 g/mol. The fraction of sp³-hybridized carbons (Fsp3) is 0.152. The highest BCUT2D eigenvalue weighted by atomic mass is 32.1. The van der Waals surface area contributed by atoms with Crippen molar-refractivity contribution in [1.29, 1.82) is 0 Å². The van der Waals surface area contributed by atoms with Crippen molar-refractivity contribution in [1.82, 2.24) is 4.98 Å². The molecule has 1 saturated heterocycles. The highest BCUT2D eigenvalue weighted by Crippen LogP contribution is 2.44. The molecule has 0 aliphatic carbocycles. The predicted octanol–water partition coefficient (Wildman–Crippen LogP) is 6.31. The molecule has 1 amide bonds. The summed E-state index contributed by atoms with van der Waals surface area (Å²) in [6.07, 6.45) is 1.45. The van der Waals surface area contributed by atoms with Gasteiger partial charge in [-0.05, 0) is 48.7 Å². The summed E-state index contributed by atoms with van der Waals surface area (Å²) in [7, 11) is 0. The zero-order valence-corrected chi connectivity index (χ0v) is 23.9. The number of nitrogens with zero attached hydrogens (tertiary/aromatic N) is 2. The number of ketones is 1. The number of ether oxygens (including phenoxy) is 2. The minimum absolute atomic E-state index is 0.0234. The molecular formula is C33H28N2O6S. The quantitative estimate of drug-likeness (QED) is 0.0813. The van der Waals surface area contributed by atoms with Crippen LogP contribution >= 0.6 is 11.3 Å². The SMILES string of the molecule is C=CCOC(=O)c1sc(N2C(=O)C(=O)C(=C(O)c3ccc(OCc4ccccc4)c(C)c3)[C@H]2c2ccccc2)nc1C. The van der Waals surface area contributed by atoms with Gasteiger partial charge in [-0.1, -0.05) is 84.7 Å². The molecule has 9 heteroatoms. The Labute approximate surface area is 247 Å². The monoisotopic (exact) mass is 580 g/mol.